The second kappa shape index (κ2) is 9.23. The molecule has 0 aromatic heterocycles. The summed E-state index contributed by atoms with van der Waals surface area (Å²) in [7, 11) is 3.01. The molecule has 0 radical (unpaired) electrons. The molecular formula is C22H26N2O7. The van der Waals surface area contributed by atoms with Gasteiger partial charge >= 0.3 is 6.09 Å². The fraction of sp³-hybridized carbons (Fsp3) is 0.364. The van der Waals surface area contributed by atoms with E-state index in [1.807, 2.05) is 6.07 Å². The largest absolute Gasteiger partial charge is 0.497 e. The van der Waals surface area contributed by atoms with Crippen LogP contribution in [0.4, 0.5) is 4.79 Å². The number of likely N-dealkylation sites (tertiary alicyclic amines) is 1. The summed E-state index contributed by atoms with van der Waals surface area (Å²) < 4.78 is 10.6. The number of hydrogen-bond acceptors (Lipinski definition) is 6. The molecule has 2 amide bonds. The molecule has 4 N–H and O–H groups in total. The quantitative estimate of drug-likeness (QED) is 0.437. The molecule has 0 bridgehead atoms. The van der Waals surface area contributed by atoms with Crippen LogP contribution < -0.4 is 14.8 Å². The molecule has 2 aromatic rings. The van der Waals surface area contributed by atoms with E-state index in [-0.39, 0.29) is 13.0 Å². The molecule has 1 aliphatic rings. The molecule has 3 atom stereocenters. The van der Waals surface area contributed by atoms with E-state index in [1.54, 1.807) is 42.5 Å². The number of nitrogens with zero attached hydrogens (tertiary/aromatic N) is 1. The van der Waals surface area contributed by atoms with Crippen molar-refractivity contribution >= 4 is 12.0 Å². The zero-order chi connectivity index (χ0) is 22.6. The van der Waals surface area contributed by atoms with E-state index in [2.05, 4.69) is 5.32 Å². The second-order valence-corrected chi connectivity index (χ2v) is 7.37. The van der Waals surface area contributed by atoms with E-state index in [9.17, 15) is 24.9 Å². The first-order chi connectivity index (χ1) is 14.9. The molecule has 1 aliphatic heterocycles. The Morgan fingerprint density at radius 2 is 1.90 bits per heavy atom. The molecule has 1 fully saturated rings. The number of rotatable bonds is 9. The number of methoxy groups -OCH3 is 2. The minimum atomic E-state index is -1.60. The predicted octanol–water partition coefficient (Wildman–Crippen LogP) is 1.02. The fourth-order valence-corrected chi connectivity index (χ4v) is 4.14. The standard InChI is InChI=1S/C22H26N2O7/c1-30-16-9-8-15(18(10-16)31-2)12-24-19(17(26)13-25)22(20(24)27,23-21(28)29)11-14-6-4-3-5-7-14/h3-10,17,19,23,25-26H,11-13H2,1-2H3,(H,28,29)/t17-,19+,22-/m0/s1. The first kappa shape index (κ1) is 22.4. The Labute approximate surface area is 179 Å². The van der Waals surface area contributed by atoms with Crippen molar-refractivity contribution < 1.29 is 34.4 Å². The second-order valence-electron chi connectivity index (χ2n) is 7.37. The smallest absolute Gasteiger partial charge is 0.405 e. The highest BCUT2D eigenvalue weighted by Crippen LogP contribution is 2.39. The summed E-state index contributed by atoms with van der Waals surface area (Å²) in [5, 5.41) is 31.9. The number of β-lactam (4-membered cyclic amide) rings is 1. The van der Waals surface area contributed by atoms with Gasteiger partial charge in [0, 0.05) is 24.6 Å². The third-order valence-electron chi connectivity index (χ3n) is 5.53. The van der Waals surface area contributed by atoms with Crippen LogP contribution in [0.15, 0.2) is 48.5 Å². The number of aliphatic hydroxyl groups is 2. The molecule has 0 saturated carbocycles. The van der Waals surface area contributed by atoms with Gasteiger partial charge in [-0.05, 0) is 17.7 Å². The zero-order valence-electron chi connectivity index (χ0n) is 17.3. The van der Waals surface area contributed by atoms with Crippen LogP contribution in [-0.4, -0.2) is 70.7 Å². The van der Waals surface area contributed by atoms with E-state index in [4.69, 9.17) is 9.47 Å². The van der Waals surface area contributed by atoms with Crippen molar-refractivity contribution in [1.82, 2.24) is 10.2 Å². The molecule has 166 valence electrons. The highest BCUT2D eigenvalue weighted by Gasteiger charge is 2.63. The Morgan fingerprint density at radius 1 is 1.19 bits per heavy atom. The summed E-state index contributed by atoms with van der Waals surface area (Å²) in [5.41, 5.74) is -0.230. The van der Waals surface area contributed by atoms with Crippen molar-refractivity contribution in [3.05, 3.63) is 59.7 Å². The summed E-state index contributed by atoms with van der Waals surface area (Å²) in [6.45, 7) is -0.572. The number of aliphatic hydroxyl groups excluding tert-OH is 2. The van der Waals surface area contributed by atoms with Crippen LogP contribution in [0.1, 0.15) is 11.1 Å². The van der Waals surface area contributed by atoms with Crippen LogP contribution in [-0.2, 0) is 17.8 Å². The Balaban J connectivity index is 1.97. The maximum Gasteiger partial charge on any atom is 0.405 e. The minimum Gasteiger partial charge on any atom is -0.497 e. The maximum absolute atomic E-state index is 13.3. The summed E-state index contributed by atoms with van der Waals surface area (Å²) in [5.74, 6) is 0.568. The lowest BCUT2D eigenvalue weighted by atomic mass is 9.71. The molecule has 0 spiro atoms. The normalized spacial score (nSPS) is 21.2. The van der Waals surface area contributed by atoms with Gasteiger partial charge in [0.2, 0.25) is 0 Å². The van der Waals surface area contributed by atoms with Gasteiger partial charge in [-0.25, -0.2) is 4.79 Å². The summed E-state index contributed by atoms with van der Waals surface area (Å²) >= 11 is 0. The van der Waals surface area contributed by atoms with E-state index < -0.39 is 36.3 Å². The lowest BCUT2D eigenvalue weighted by Crippen LogP contribution is -2.83. The van der Waals surface area contributed by atoms with E-state index in [0.717, 1.165) is 5.56 Å². The first-order valence-electron chi connectivity index (χ1n) is 9.72. The summed E-state index contributed by atoms with van der Waals surface area (Å²) in [6, 6.07) is 13.1. The zero-order valence-corrected chi connectivity index (χ0v) is 17.3. The minimum absolute atomic E-state index is 0.0386. The molecule has 1 heterocycles. The maximum atomic E-state index is 13.3. The fourth-order valence-electron chi connectivity index (χ4n) is 4.14. The van der Waals surface area contributed by atoms with Gasteiger partial charge in [0.25, 0.3) is 5.91 Å². The Kier molecular flexibility index (Phi) is 6.67. The van der Waals surface area contributed by atoms with Crippen molar-refractivity contribution in [2.45, 2.75) is 30.7 Å². The average molecular weight is 430 g/mol. The third-order valence-corrected chi connectivity index (χ3v) is 5.53. The monoisotopic (exact) mass is 430 g/mol. The molecule has 9 nitrogen and oxygen atoms in total. The van der Waals surface area contributed by atoms with Gasteiger partial charge in [0.05, 0.1) is 26.9 Å². The van der Waals surface area contributed by atoms with Gasteiger partial charge in [-0.3, -0.25) is 4.79 Å². The predicted molar refractivity (Wildman–Crippen MR) is 111 cm³/mol. The highest BCUT2D eigenvalue weighted by atomic mass is 16.5. The Hall–Kier alpha value is -3.30. The molecular weight excluding hydrogens is 404 g/mol. The van der Waals surface area contributed by atoms with Crippen molar-refractivity contribution in [1.29, 1.82) is 0 Å². The number of carbonyl (C=O) groups excluding carboxylic acids is 1. The summed E-state index contributed by atoms with van der Waals surface area (Å²) in [6.07, 6.45) is -2.70. The van der Waals surface area contributed by atoms with Crippen LogP contribution in [0, 0.1) is 0 Å². The number of carbonyl (C=O) groups is 2. The first-order valence-corrected chi connectivity index (χ1v) is 9.72. The van der Waals surface area contributed by atoms with Gasteiger partial charge in [0.1, 0.15) is 23.1 Å². The van der Waals surface area contributed by atoms with Crippen LogP contribution in [0.2, 0.25) is 0 Å². The highest BCUT2D eigenvalue weighted by molar-refractivity contribution is 5.97. The van der Waals surface area contributed by atoms with Gasteiger partial charge in [-0.1, -0.05) is 30.3 Å². The molecule has 31 heavy (non-hydrogen) atoms. The van der Waals surface area contributed by atoms with Crippen molar-refractivity contribution in [3.8, 4) is 11.5 Å². The van der Waals surface area contributed by atoms with Crippen LogP contribution in [0.3, 0.4) is 0 Å². The number of benzene rings is 2. The number of nitrogens with one attached hydrogen (secondary N) is 1. The Bertz CT molecular complexity index is 937. The van der Waals surface area contributed by atoms with Gasteiger partial charge in [-0.15, -0.1) is 0 Å². The Morgan fingerprint density at radius 3 is 2.48 bits per heavy atom. The number of amides is 2. The van der Waals surface area contributed by atoms with Crippen molar-refractivity contribution in [2.24, 2.45) is 0 Å². The SMILES string of the molecule is COc1ccc(CN2C(=O)[C@@](Cc3ccccc3)(NC(=O)O)[C@H]2[C@@H](O)CO)c(OC)c1. The topological polar surface area (TPSA) is 129 Å². The van der Waals surface area contributed by atoms with Crippen LogP contribution in [0.5, 0.6) is 11.5 Å². The van der Waals surface area contributed by atoms with Gasteiger partial charge < -0.3 is 35.0 Å². The van der Waals surface area contributed by atoms with E-state index in [0.29, 0.717) is 17.1 Å². The summed E-state index contributed by atoms with van der Waals surface area (Å²) in [4.78, 5) is 26.3. The molecule has 2 aromatic carbocycles. The van der Waals surface area contributed by atoms with Crippen LogP contribution in [0.25, 0.3) is 0 Å². The number of hydrogen-bond donors (Lipinski definition) is 4. The molecule has 0 aliphatic carbocycles. The molecule has 0 unspecified atom stereocenters. The molecule has 3 rings (SSSR count). The number of ether oxygens (including phenoxy) is 2. The van der Waals surface area contributed by atoms with Crippen LogP contribution >= 0.6 is 0 Å². The van der Waals surface area contributed by atoms with Gasteiger partial charge in [0.15, 0.2) is 0 Å². The lowest BCUT2D eigenvalue weighted by Gasteiger charge is -2.57. The average Bonchev–Trinajstić information content (AvgIpc) is 2.78. The lowest BCUT2D eigenvalue weighted by molar-refractivity contribution is -0.175. The molecule has 9 heteroatoms. The third kappa shape index (κ3) is 4.28. The molecule has 1 saturated heterocycles. The van der Waals surface area contributed by atoms with Gasteiger partial charge in [-0.2, -0.15) is 0 Å². The van der Waals surface area contributed by atoms with Crippen molar-refractivity contribution in [3.63, 3.8) is 0 Å². The number of carboxylic acid groups (broad SMARTS) is 1. The van der Waals surface area contributed by atoms with E-state index >= 15 is 0 Å². The van der Waals surface area contributed by atoms with Crippen molar-refractivity contribution in [2.75, 3.05) is 20.8 Å². The van der Waals surface area contributed by atoms with E-state index in [1.165, 1.54) is 19.1 Å².